The van der Waals surface area contributed by atoms with Gasteiger partial charge in [0.15, 0.2) is 0 Å². The Morgan fingerprint density at radius 1 is 1.43 bits per heavy atom. The van der Waals surface area contributed by atoms with Crippen molar-refractivity contribution in [1.29, 1.82) is 0 Å². The molecule has 3 atom stereocenters. The smallest absolute Gasteiger partial charge is 0.249 e. The molecule has 0 bridgehead atoms. The number of imide groups is 1. The van der Waals surface area contributed by atoms with Crippen LogP contribution in [0.4, 0.5) is 0 Å². The summed E-state index contributed by atoms with van der Waals surface area (Å²) in [4.78, 5) is 39.7. The first-order valence-electron chi connectivity index (χ1n) is 7.21. The Hall–Kier alpha value is -1.69. The lowest BCUT2D eigenvalue weighted by molar-refractivity contribution is -0.139. The minimum Gasteiger partial charge on any atom is -0.330 e. The molecule has 1 aliphatic carbocycles. The normalized spacial score (nSPS) is 27.6. The second-order valence-corrected chi connectivity index (χ2v) is 6.97. The lowest BCUT2D eigenvalue weighted by atomic mass is 10.1. The van der Waals surface area contributed by atoms with Gasteiger partial charge in [0.25, 0.3) is 0 Å². The molecule has 5 nitrogen and oxygen atoms in total. The Balaban J connectivity index is 1.70. The van der Waals surface area contributed by atoms with E-state index in [-0.39, 0.29) is 36.0 Å². The monoisotopic (exact) mass is 306 g/mol. The maximum atomic E-state index is 12.6. The molecule has 3 amide bonds. The zero-order valence-electron chi connectivity index (χ0n) is 12.1. The molecule has 6 heteroatoms. The largest absolute Gasteiger partial charge is 0.330 e. The maximum absolute atomic E-state index is 12.6. The molecule has 3 rings (SSSR count). The molecule has 0 spiro atoms. The molecule has 0 unspecified atom stereocenters. The van der Waals surface area contributed by atoms with Crippen LogP contribution in [0.15, 0.2) is 12.1 Å². The number of thiophene rings is 1. The van der Waals surface area contributed by atoms with Crippen LogP contribution in [0.5, 0.6) is 0 Å². The first-order chi connectivity index (χ1) is 10.0. The van der Waals surface area contributed by atoms with Gasteiger partial charge in [0, 0.05) is 28.1 Å². The minimum absolute atomic E-state index is 0.00315. The summed E-state index contributed by atoms with van der Waals surface area (Å²) in [6.45, 7) is 4.36. The summed E-state index contributed by atoms with van der Waals surface area (Å²) >= 11 is 1.73. The molecule has 1 saturated carbocycles. The van der Waals surface area contributed by atoms with Crippen LogP contribution in [0.3, 0.4) is 0 Å². The van der Waals surface area contributed by atoms with E-state index in [0.717, 1.165) is 6.42 Å². The van der Waals surface area contributed by atoms with Crippen molar-refractivity contribution in [2.24, 2.45) is 5.92 Å². The number of aryl methyl sites for hydroxylation is 1. The summed E-state index contributed by atoms with van der Waals surface area (Å²) in [6.07, 6.45) is 0.936. The van der Waals surface area contributed by atoms with Gasteiger partial charge in [0.1, 0.15) is 6.04 Å². The molecule has 1 aromatic heterocycles. The van der Waals surface area contributed by atoms with Crippen LogP contribution in [-0.4, -0.2) is 35.2 Å². The average Bonchev–Trinajstić information content (AvgIpc) is 3.02. The van der Waals surface area contributed by atoms with Crippen LogP contribution in [0.2, 0.25) is 0 Å². The van der Waals surface area contributed by atoms with Crippen molar-refractivity contribution in [3.63, 3.8) is 0 Å². The SMILES string of the molecule is CCN(C(=O)[C@@H]1C[C@@H]1c1ccc(C)s1)[C@@H]1CC(=O)NC1=O. The van der Waals surface area contributed by atoms with E-state index < -0.39 is 6.04 Å². The topological polar surface area (TPSA) is 66.5 Å². The van der Waals surface area contributed by atoms with E-state index in [1.807, 2.05) is 6.92 Å². The van der Waals surface area contributed by atoms with Gasteiger partial charge < -0.3 is 4.90 Å². The highest BCUT2D eigenvalue weighted by molar-refractivity contribution is 7.12. The minimum atomic E-state index is -0.624. The first-order valence-corrected chi connectivity index (χ1v) is 8.03. The molecule has 0 radical (unpaired) electrons. The summed E-state index contributed by atoms with van der Waals surface area (Å²) < 4.78 is 0. The molecule has 0 aromatic carbocycles. The van der Waals surface area contributed by atoms with Gasteiger partial charge in [-0.1, -0.05) is 0 Å². The Labute approximate surface area is 127 Å². The highest BCUT2D eigenvalue weighted by Gasteiger charge is 2.49. The van der Waals surface area contributed by atoms with Crippen LogP contribution in [-0.2, 0) is 14.4 Å². The molecule has 2 aliphatic rings. The van der Waals surface area contributed by atoms with Crippen molar-refractivity contribution in [2.75, 3.05) is 6.54 Å². The molecule has 21 heavy (non-hydrogen) atoms. The van der Waals surface area contributed by atoms with Gasteiger partial charge in [-0.05, 0) is 32.4 Å². The van der Waals surface area contributed by atoms with Crippen molar-refractivity contribution in [1.82, 2.24) is 10.2 Å². The zero-order chi connectivity index (χ0) is 15.1. The number of likely N-dealkylation sites (N-methyl/N-ethyl adjacent to an activating group) is 1. The Kier molecular flexibility index (Phi) is 3.57. The van der Waals surface area contributed by atoms with Gasteiger partial charge in [0.05, 0.1) is 6.42 Å². The van der Waals surface area contributed by atoms with Gasteiger partial charge in [-0.25, -0.2) is 0 Å². The molecule has 2 fully saturated rings. The third-order valence-corrected chi connectivity index (χ3v) is 5.31. The number of nitrogens with one attached hydrogen (secondary N) is 1. The van der Waals surface area contributed by atoms with Gasteiger partial charge in [-0.3, -0.25) is 19.7 Å². The van der Waals surface area contributed by atoms with Crippen molar-refractivity contribution >= 4 is 29.1 Å². The summed E-state index contributed by atoms with van der Waals surface area (Å²) in [5, 5.41) is 2.27. The third-order valence-electron chi connectivity index (χ3n) is 4.18. The molecule has 1 saturated heterocycles. The third kappa shape index (κ3) is 2.60. The maximum Gasteiger partial charge on any atom is 0.249 e. The highest BCUT2D eigenvalue weighted by atomic mass is 32.1. The lowest BCUT2D eigenvalue weighted by Gasteiger charge is -2.25. The van der Waals surface area contributed by atoms with Crippen LogP contribution in [0, 0.1) is 12.8 Å². The van der Waals surface area contributed by atoms with E-state index in [4.69, 9.17) is 0 Å². The number of carbonyl (C=O) groups is 3. The number of hydrogen-bond donors (Lipinski definition) is 1. The number of hydrogen-bond acceptors (Lipinski definition) is 4. The second-order valence-electron chi connectivity index (χ2n) is 5.65. The van der Waals surface area contributed by atoms with E-state index in [2.05, 4.69) is 24.4 Å². The molecule has 2 heterocycles. The summed E-state index contributed by atoms with van der Waals surface area (Å²) in [5.41, 5.74) is 0. The van der Waals surface area contributed by atoms with Crippen molar-refractivity contribution < 1.29 is 14.4 Å². The standard InChI is InChI=1S/C15H18N2O3S/c1-3-17(11-7-13(18)16-14(11)19)15(20)10-6-9(10)12-5-4-8(2)21-12/h4-5,9-11H,3,6-7H2,1-2H3,(H,16,18,19)/t9-,10+,11+/m0/s1. The summed E-state index contributed by atoms with van der Waals surface area (Å²) in [7, 11) is 0. The van der Waals surface area contributed by atoms with Crippen LogP contribution in [0.25, 0.3) is 0 Å². The van der Waals surface area contributed by atoms with E-state index in [1.54, 1.807) is 16.2 Å². The van der Waals surface area contributed by atoms with Crippen molar-refractivity contribution in [3.8, 4) is 0 Å². The fraction of sp³-hybridized carbons (Fsp3) is 0.533. The van der Waals surface area contributed by atoms with E-state index in [9.17, 15) is 14.4 Å². The molecule has 1 aliphatic heterocycles. The van der Waals surface area contributed by atoms with Crippen molar-refractivity contribution in [2.45, 2.75) is 38.6 Å². The Bertz CT molecular complexity index is 610. The highest BCUT2D eigenvalue weighted by Crippen LogP contribution is 2.50. The molecular weight excluding hydrogens is 288 g/mol. The van der Waals surface area contributed by atoms with E-state index in [1.165, 1.54) is 9.75 Å². The lowest BCUT2D eigenvalue weighted by Crippen LogP contribution is -2.45. The van der Waals surface area contributed by atoms with Gasteiger partial charge in [-0.2, -0.15) is 0 Å². The second kappa shape index (κ2) is 5.26. The first kappa shape index (κ1) is 14.3. The van der Waals surface area contributed by atoms with Crippen LogP contribution >= 0.6 is 11.3 Å². The van der Waals surface area contributed by atoms with Gasteiger partial charge >= 0.3 is 0 Å². The zero-order valence-corrected chi connectivity index (χ0v) is 12.9. The van der Waals surface area contributed by atoms with Crippen LogP contribution < -0.4 is 5.32 Å². The molecule has 112 valence electrons. The molecule has 1 aromatic rings. The van der Waals surface area contributed by atoms with E-state index in [0.29, 0.717) is 6.54 Å². The fourth-order valence-corrected chi connectivity index (χ4v) is 4.03. The Morgan fingerprint density at radius 2 is 2.19 bits per heavy atom. The predicted molar refractivity (Wildman–Crippen MR) is 78.8 cm³/mol. The van der Waals surface area contributed by atoms with E-state index >= 15 is 0 Å². The molecule has 1 N–H and O–H groups in total. The Morgan fingerprint density at radius 3 is 2.71 bits per heavy atom. The number of amides is 3. The molecular formula is C15H18N2O3S. The fourth-order valence-electron chi connectivity index (χ4n) is 2.97. The average molecular weight is 306 g/mol. The summed E-state index contributed by atoms with van der Waals surface area (Å²) in [5.74, 6) is -0.392. The number of carbonyl (C=O) groups excluding carboxylic acids is 3. The van der Waals surface area contributed by atoms with Gasteiger partial charge in [-0.15, -0.1) is 11.3 Å². The predicted octanol–water partition coefficient (Wildman–Crippen LogP) is 1.42. The van der Waals surface area contributed by atoms with Gasteiger partial charge in [0.2, 0.25) is 17.7 Å². The summed E-state index contributed by atoms with van der Waals surface area (Å²) in [6, 6.07) is 3.53. The van der Waals surface area contributed by atoms with Crippen molar-refractivity contribution in [3.05, 3.63) is 21.9 Å². The quantitative estimate of drug-likeness (QED) is 0.856. The number of nitrogens with zero attached hydrogens (tertiary/aromatic N) is 1. The van der Waals surface area contributed by atoms with Crippen LogP contribution in [0.1, 0.15) is 35.4 Å². The number of rotatable bonds is 4.